The van der Waals surface area contributed by atoms with E-state index in [1.807, 2.05) is 0 Å². The zero-order chi connectivity index (χ0) is 9.68. The minimum atomic E-state index is 0.361. The first-order valence-electron chi connectivity index (χ1n) is 3.97. The summed E-state index contributed by atoms with van der Waals surface area (Å²) in [4.78, 5) is 0. The zero-order valence-electron chi connectivity index (χ0n) is 7.58. The van der Waals surface area contributed by atoms with Crippen molar-refractivity contribution in [3.8, 4) is 0 Å². The summed E-state index contributed by atoms with van der Waals surface area (Å²) >= 11 is 4.75. The first-order valence-corrected chi connectivity index (χ1v) is 5.58. The highest BCUT2D eigenvalue weighted by molar-refractivity contribution is 9.11. The predicted molar refractivity (Wildman–Crippen MR) is 57.2 cm³/mol. The number of nitrogens with one attached hydrogen (secondary N) is 1. The van der Waals surface area contributed by atoms with Crippen LogP contribution in [0.3, 0.4) is 0 Å². The molecule has 6 heteroatoms. The van der Waals surface area contributed by atoms with Crippen molar-refractivity contribution in [2.24, 2.45) is 0 Å². The molecule has 1 heterocycles. The third-order valence-electron chi connectivity index (χ3n) is 1.53. The summed E-state index contributed by atoms with van der Waals surface area (Å²) in [6, 6.07) is 0.361. The first-order chi connectivity index (χ1) is 6.22. The highest BCUT2D eigenvalue weighted by Crippen LogP contribution is 2.20. The monoisotopic (exact) mass is 265 g/mol. The number of methoxy groups -OCH3 is 1. The van der Waals surface area contributed by atoms with Crippen LogP contribution in [-0.2, 0) is 4.74 Å². The molecule has 74 valence electrons. The van der Waals surface area contributed by atoms with Crippen LogP contribution in [0.4, 0.5) is 5.13 Å². The van der Waals surface area contributed by atoms with E-state index in [1.54, 1.807) is 7.11 Å². The minimum Gasteiger partial charge on any atom is -0.385 e. The van der Waals surface area contributed by atoms with E-state index in [1.165, 1.54) is 11.3 Å². The SMILES string of the molecule is COCCC(C)Nc1nnc(Br)s1. The number of ether oxygens (including phenoxy) is 1. The molecule has 0 saturated carbocycles. The third kappa shape index (κ3) is 4.02. The molecule has 0 aliphatic rings. The second kappa shape index (κ2) is 5.51. The van der Waals surface area contributed by atoms with Gasteiger partial charge in [-0.1, -0.05) is 11.3 Å². The van der Waals surface area contributed by atoms with Gasteiger partial charge in [-0.25, -0.2) is 0 Å². The van der Waals surface area contributed by atoms with E-state index in [-0.39, 0.29) is 0 Å². The Hall–Kier alpha value is -0.200. The molecular weight excluding hydrogens is 254 g/mol. The lowest BCUT2D eigenvalue weighted by Crippen LogP contribution is -2.16. The second-order valence-electron chi connectivity index (χ2n) is 2.69. The maximum absolute atomic E-state index is 4.97. The lowest BCUT2D eigenvalue weighted by atomic mass is 10.2. The van der Waals surface area contributed by atoms with Crippen LogP contribution < -0.4 is 5.32 Å². The van der Waals surface area contributed by atoms with Gasteiger partial charge in [0, 0.05) is 19.8 Å². The summed E-state index contributed by atoms with van der Waals surface area (Å²) < 4.78 is 5.77. The molecule has 0 bridgehead atoms. The predicted octanol–water partition coefficient (Wildman–Crippen LogP) is 2.14. The van der Waals surface area contributed by atoms with Gasteiger partial charge in [0.2, 0.25) is 5.13 Å². The highest BCUT2D eigenvalue weighted by atomic mass is 79.9. The summed E-state index contributed by atoms with van der Waals surface area (Å²) in [5, 5.41) is 11.9. The molecule has 0 aliphatic carbocycles. The molecular formula is C7H12BrN3OS. The Labute approximate surface area is 89.8 Å². The Balaban J connectivity index is 2.31. The molecule has 1 unspecified atom stereocenters. The van der Waals surface area contributed by atoms with Gasteiger partial charge in [-0.2, -0.15) is 0 Å². The van der Waals surface area contributed by atoms with Crippen LogP contribution in [0.5, 0.6) is 0 Å². The summed E-state index contributed by atoms with van der Waals surface area (Å²) in [5.41, 5.74) is 0. The van der Waals surface area contributed by atoms with Crippen molar-refractivity contribution >= 4 is 32.4 Å². The average Bonchev–Trinajstić information content (AvgIpc) is 2.48. The average molecular weight is 266 g/mol. The maximum atomic E-state index is 4.97. The van der Waals surface area contributed by atoms with Crippen molar-refractivity contribution in [2.45, 2.75) is 19.4 Å². The van der Waals surface area contributed by atoms with Gasteiger partial charge in [0.25, 0.3) is 0 Å². The summed E-state index contributed by atoms with van der Waals surface area (Å²) in [7, 11) is 1.70. The third-order valence-corrected chi connectivity index (χ3v) is 2.81. The highest BCUT2D eigenvalue weighted by Gasteiger charge is 2.05. The minimum absolute atomic E-state index is 0.361. The Bertz CT molecular complexity index is 256. The molecule has 0 amide bonds. The molecule has 0 fully saturated rings. The van der Waals surface area contributed by atoms with Crippen molar-refractivity contribution < 1.29 is 4.74 Å². The molecule has 4 nitrogen and oxygen atoms in total. The Morgan fingerprint density at radius 3 is 2.92 bits per heavy atom. The molecule has 1 rings (SSSR count). The number of hydrogen-bond donors (Lipinski definition) is 1. The van der Waals surface area contributed by atoms with Crippen LogP contribution >= 0.6 is 27.3 Å². The van der Waals surface area contributed by atoms with E-state index < -0.39 is 0 Å². The zero-order valence-corrected chi connectivity index (χ0v) is 9.98. The molecule has 0 aromatic carbocycles. The van der Waals surface area contributed by atoms with Gasteiger partial charge >= 0.3 is 0 Å². The lowest BCUT2D eigenvalue weighted by molar-refractivity contribution is 0.191. The number of hydrogen-bond acceptors (Lipinski definition) is 5. The number of nitrogens with zero attached hydrogens (tertiary/aromatic N) is 2. The van der Waals surface area contributed by atoms with Gasteiger partial charge in [-0.3, -0.25) is 0 Å². The largest absolute Gasteiger partial charge is 0.385 e. The van der Waals surface area contributed by atoms with Gasteiger partial charge < -0.3 is 10.1 Å². The summed E-state index contributed by atoms with van der Waals surface area (Å²) in [6.45, 7) is 2.85. The van der Waals surface area contributed by atoms with Crippen molar-refractivity contribution in [3.63, 3.8) is 0 Å². The van der Waals surface area contributed by atoms with Crippen LogP contribution in [0.15, 0.2) is 3.92 Å². The molecule has 0 aliphatic heterocycles. The van der Waals surface area contributed by atoms with Gasteiger partial charge in [0.1, 0.15) is 0 Å². The van der Waals surface area contributed by atoms with Crippen LogP contribution in [-0.4, -0.2) is 30.0 Å². The fourth-order valence-corrected chi connectivity index (χ4v) is 1.96. The molecule has 1 aromatic rings. The van der Waals surface area contributed by atoms with E-state index in [0.717, 1.165) is 22.1 Å². The normalized spacial score (nSPS) is 12.8. The first kappa shape index (κ1) is 10.9. The molecule has 0 spiro atoms. The number of aromatic nitrogens is 2. The van der Waals surface area contributed by atoms with Crippen molar-refractivity contribution in [3.05, 3.63) is 3.92 Å². The van der Waals surface area contributed by atoms with Gasteiger partial charge in [-0.05, 0) is 29.3 Å². The molecule has 1 aromatic heterocycles. The Morgan fingerprint density at radius 2 is 2.38 bits per heavy atom. The van der Waals surface area contributed by atoms with Crippen molar-refractivity contribution in [1.29, 1.82) is 0 Å². The van der Waals surface area contributed by atoms with Crippen molar-refractivity contribution in [2.75, 3.05) is 19.0 Å². The van der Waals surface area contributed by atoms with E-state index in [0.29, 0.717) is 6.04 Å². The summed E-state index contributed by atoms with van der Waals surface area (Å²) in [5.74, 6) is 0. The van der Waals surface area contributed by atoms with Crippen LogP contribution in [0.1, 0.15) is 13.3 Å². The second-order valence-corrected chi connectivity index (χ2v) is 4.94. The number of rotatable bonds is 5. The van der Waals surface area contributed by atoms with E-state index in [9.17, 15) is 0 Å². The molecule has 1 atom stereocenters. The molecule has 1 N–H and O–H groups in total. The van der Waals surface area contributed by atoms with Crippen LogP contribution in [0.2, 0.25) is 0 Å². The quantitative estimate of drug-likeness (QED) is 0.887. The lowest BCUT2D eigenvalue weighted by Gasteiger charge is -2.10. The van der Waals surface area contributed by atoms with E-state index in [2.05, 4.69) is 38.4 Å². The number of anilines is 1. The standard InChI is InChI=1S/C7H12BrN3OS/c1-5(3-4-12-2)9-7-11-10-6(8)13-7/h5H,3-4H2,1-2H3,(H,9,11). The smallest absolute Gasteiger partial charge is 0.206 e. The van der Waals surface area contributed by atoms with Crippen LogP contribution in [0.25, 0.3) is 0 Å². The Kier molecular flexibility index (Phi) is 4.61. The number of halogens is 1. The maximum Gasteiger partial charge on any atom is 0.206 e. The summed E-state index contributed by atoms with van der Waals surface area (Å²) in [6.07, 6.45) is 0.966. The van der Waals surface area contributed by atoms with Crippen LogP contribution in [0, 0.1) is 0 Å². The van der Waals surface area contributed by atoms with Gasteiger partial charge in [0.15, 0.2) is 3.92 Å². The molecule has 0 radical (unpaired) electrons. The van der Waals surface area contributed by atoms with E-state index in [4.69, 9.17) is 4.74 Å². The van der Waals surface area contributed by atoms with E-state index >= 15 is 0 Å². The van der Waals surface area contributed by atoms with Gasteiger partial charge in [0.05, 0.1) is 0 Å². The van der Waals surface area contributed by atoms with Gasteiger partial charge in [-0.15, -0.1) is 10.2 Å². The fourth-order valence-electron chi connectivity index (χ4n) is 0.841. The topological polar surface area (TPSA) is 47.0 Å². The molecule has 13 heavy (non-hydrogen) atoms. The van der Waals surface area contributed by atoms with Crippen molar-refractivity contribution in [1.82, 2.24) is 10.2 Å². The Morgan fingerprint density at radius 1 is 1.62 bits per heavy atom. The fraction of sp³-hybridized carbons (Fsp3) is 0.714. The molecule has 0 saturated heterocycles.